The zero-order valence-corrected chi connectivity index (χ0v) is 7.34. The van der Waals surface area contributed by atoms with E-state index in [2.05, 4.69) is 10.6 Å². The molecule has 4 nitrogen and oxygen atoms in total. The van der Waals surface area contributed by atoms with E-state index in [1.807, 2.05) is 0 Å². The van der Waals surface area contributed by atoms with Gasteiger partial charge in [-0.15, -0.1) is 0 Å². The number of amides is 1. The minimum atomic E-state index is -0.139. The Labute approximate surface area is 72.3 Å². The van der Waals surface area contributed by atoms with Crippen molar-refractivity contribution in [3.05, 3.63) is 0 Å². The van der Waals surface area contributed by atoms with E-state index in [1.54, 1.807) is 6.92 Å². The molecule has 0 aromatic rings. The van der Waals surface area contributed by atoms with Crippen LogP contribution in [0.4, 0.5) is 0 Å². The van der Waals surface area contributed by atoms with Crippen LogP contribution in [0.3, 0.4) is 0 Å². The summed E-state index contributed by atoms with van der Waals surface area (Å²) < 4.78 is 0. The van der Waals surface area contributed by atoms with E-state index in [4.69, 9.17) is 5.11 Å². The highest BCUT2D eigenvalue weighted by molar-refractivity contribution is 5.82. The fourth-order valence-corrected chi connectivity index (χ4v) is 1.30. The maximum absolute atomic E-state index is 11.3. The zero-order valence-electron chi connectivity index (χ0n) is 7.34. The molecule has 0 aromatic carbocycles. The van der Waals surface area contributed by atoms with Crippen molar-refractivity contribution in [2.75, 3.05) is 13.2 Å². The van der Waals surface area contributed by atoms with Crippen LogP contribution < -0.4 is 10.6 Å². The Hall–Kier alpha value is -0.610. The molecule has 4 heteroatoms. The summed E-state index contributed by atoms with van der Waals surface area (Å²) >= 11 is 0. The van der Waals surface area contributed by atoms with E-state index >= 15 is 0 Å². The van der Waals surface area contributed by atoms with E-state index in [9.17, 15) is 4.79 Å². The number of rotatable bonds is 3. The quantitative estimate of drug-likeness (QED) is 0.524. The third kappa shape index (κ3) is 2.46. The molecule has 1 heterocycles. The van der Waals surface area contributed by atoms with Crippen molar-refractivity contribution in [2.45, 2.75) is 31.8 Å². The van der Waals surface area contributed by atoms with Crippen molar-refractivity contribution in [1.29, 1.82) is 0 Å². The van der Waals surface area contributed by atoms with Crippen LogP contribution in [0.1, 0.15) is 19.8 Å². The Morgan fingerprint density at radius 3 is 3.08 bits per heavy atom. The van der Waals surface area contributed by atoms with Crippen LogP contribution >= 0.6 is 0 Å². The van der Waals surface area contributed by atoms with Crippen LogP contribution in [0.15, 0.2) is 0 Å². The Bertz CT molecular complexity index is 155. The first-order valence-corrected chi connectivity index (χ1v) is 4.38. The fraction of sp³-hybridized carbons (Fsp3) is 0.875. The molecule has 12 heavy (non-hydrogen) atoms. The van der Waals surface area contributed by atoms with Crippen molar-refractivity contribution in [1.82, 2.24) is 10.6 Å². The molecule has 0 spiro atoms. The van der Waals surface area contributed by atoms with Crippen molar-refractivity contribution in [3.63, 3.8) is 0 Å². The third-order valence-corrected chi connectivity index (χ3v) is 2.04. The van der Waals surface area contributed by atoms with E-state index in [-0.39, 0.29) is 24.6 Å². The van der Waals surface area contributed by atoms with E-state index < -0.39 is 0 Å². The number of nitrogens with one attached hydrogen (secondary N) is 2. The molecule has 0 aromatic heterocycles. The van der Waals surface area contributed by atoms with Gasteiger partial charge in [-0.1, -0.05) is 0 Å². The standard InChI is InChI=1S/C8H16N2O2/c1-6(5-11)10-8(12)7-3-2-4-9-7/h6-7,9,11H,2-5H2,1H3,(H,10,12)/t6-,7-/m0/s1. The summed E-state index contributed by atoms with van der Waals surface area (Å²) in [7, 11) is 0. The smallest absolute Gasteiger partial charge is 0.237 e. The average molecular weight is 172 g/mol. The molecule has 1 saturated heterocycles. The molecular weight excluding hydrogens is 156 g/mol. The van der Waals surface area contributed by atoms with E-state index in [0.29, 0.717) is 0 Å². The molecule has 3 N–H and O–H groups in total. The number of carbonyl (C=O) groups is 1. The zero-order chi connectivity index (χ0) is 8.97. The second-order valence-electron chi connectivity index (χ2n) is 3.24. The lowest BCUT2D eigenvalue weighted by atomic mass is 10.2. The molecule has 0 unspecified atom stereocenters. The highest BCUT2D eigenvalue weighted by atomic mass is 16.3. The van der Waals surface area contributed by atoms with Gasteiger partial charge < -0.3 is 15.7 Å². The second kappa shape index (κ2) is 4.42. The molecular formula is C8H16N2O2. The van der Waals surface area contributed by atoms with Gasteiger partial charge >= 0.3 is 0 Å². The van der Waals surface area contributed by atoms with E-state index in [1.165, 1.54) is 0 Å². The number of aliphatic hydroxyl groups is 1. The molecule has 1 fully saturated rings. The van der Waals surface area contributed by atoms with Crippen LogP contribution in [0.2, 0.25) is 0 Å². The van der Waals surface area contributed by atoms with Crippen LogP contribution in [-0.4, -0.2) is 36.2 Å². The first kappa shape index (κ1) is 9.48. The van der Waals surface area contributed by atoms with Crippen molar-refractivity contribution in [2.24, 2.45) is 0 Å². The summed E-state index contributed by atoms with van der Waals surface area (Å²) in [6, 6.07) is -0.182. The highest BCUT2D eigenvalue weighted by Crippen LogP contribution is 2.04. The number of carbonyl (C=O) groups excluding carboxylic acids is 1. The average Bonchev–Trinajstić information content (AvgIpc) is 2.56. The molecule has 0 saturated carbocycles. The summed E-state index contributed by atoms with van der Waals surface area (Å²) in [5.74, 6) is 0.00838. The predicted octanol–water partition coefficient (Wildman–Crippen LogP) is -0.765. The minimum Gasteiger partial charge on any atom is -0.394 e. The first-order chi connectivity index (χ1) is 5.74. The summed E-state index contributed by atoms with van der Waals surface area (Å²) in [5.41, 5.74) is 0. The molecule has 1 aliphatic heterocycles. The topological polar surface area (TPSA) is 61.4 Å². The molecule has 2 atom stereocenters. The van der Waals surface area contributed by atoms with Gasteiger partial charge in [-0.3, -0.25) is 4.79 Å². The lowest BCUT2D eigenvalue weighted by Crippen LogP contribution is -2.45. The molecule has 0 bridgehead atoms. The largest absolute Gasteiger partial charge is 0.394 e. The maximum atomic E-state index is 11.3. The summed E-state index contributed by atoms with van der Waals surface area (Å²) in [4.78, 5) is 11.3. The monoisotopic (exact) mass is 172 g/mol. The molecule has 1 rings (SSSR count). The second-order valence-corrected chi connectivity index (χ2v) is 3.24. The number of aliphatic hydroxyl groups excluding tert-OH is 1. The molecule has 1 aliphatic rings. The van der Waals surface area contributed by atoms with Crippen molar-refractivity contribution >= 4 is 5.91 Å². The Morgan fingerprint density at radius 1 is 1.83 bits per heavy atom. The number of hydrogen-bond acceptors (Lipinski definition) is 3. The molecule has 70 valence electrons. The lowest BCUT2D eigenvalue weighted by molar-refractivity contribution is -0.123. The van der Waals surface area contributed by atoms with Crippen LogP contribution in [0.5, 0.6) is 0 Å². The van der Waals surface area contributed by atoms with Gasteiger partial charge in [-0.05, 0) is 26.3 Å². The highest BCUT2D eigenvalue weighted by Gasteiger charge is 2.22. The first-order valence-electron chi connectivity index (χ1n) is 4.38. The molecule has 0 radical (unpaired) electrons. The summed E-state index contributed by atoms with van der Waals surface area (Å²) in [5, 5.41) is 14.5. The van der Waals surface area contributed by atoms with Crippen molar-refractivity contribution < 1.29 is 9.90 Å². The van der Waals surface area contributed by atoms with Crippen LogP contribution in [0, 0.1) is 0 Å². The lowest BCUT2D eigenvalue weighted by Gasteiger charge is -2.14. The maximum Gasteiger partial charge on any atom is 0.237 e. The van der Waals surface area contributed by atoms with Gasteiger partial charge in [-0.2, -0.15) is 0 Å². The van der Waals surface area contributed by atoms with Gasteiger partial charge in [0.25, 0.3) is 0 Å². The number of hydrogen-bond donors (Lipinski definition) is 3. The van der Waals surface area contributed by atoms with Crippen LogP contribution in [0.25, 0.3) is 0 Å². The normalized spacial score (nSPS) is 25.3. The third-order valence-electron chi connectivity index (χ3n) is 2.04. The van der Waals surface area contributed by atoms with Gasteiger partial charge in [0.1, 0.15) is 0 Å². The van der Waals surface area contributed by atoms with Crippen LogP contribution in [-0.2, 0) is 4.79 Å². The van der Waals surface area contributed by atoms with Gasteiger partial charge in [0.05, 0.1) is 12.6 Å². The predicted molar refractivity (Wildman–Crippen MR) is 45.7 cm³/mol. The van der Waals surface area contributed by atoms with Gasteiger partial charge in [0.15, 0.2) is 0 Å². The summed E-state index contributed by atoms with van der Waals surface area (Å²) in [6.45, 7) is 2.71. The van der Waals surface area contributed by atoms with Gasteiger partial charge in [0.2, 0.25) is 5.91 Å². The minimum absolute atomic E-state index is 0.00153. The fourth-order valence-electron chi connectivity index (χ4n) is 1.30. The Kier molecular flexibility index (Phi) is 3.49. The Morgan fingerprint density at radius 2 is 2.58 bits per heavy atom. The van der Waals surface area contributed by atoms with Crippen molar-refractivity contribution in [3.8, 4) is 0 Å². The molecule has 1 amide bonds. The summed E-state index contributed by atoms with van der Waals surface area (Å²) in [6.07, 6.45) is 1.97. The Balaban J connectivity index is 2.27. The van der Waals surface area contributed by atoms with E-state index in [0.717, 1.165) is 19.4 Å². The molecule has 0 aliphatic carbocycles. The van der Waals surface area contributed by atoms with Gasteiger partial charge in [-0.25, -0.2) is 0 Å². The SMILES string of the molecule is C[C@@H](CO)NC(=O)[C@@H]1CCCN1. The van der Waals surface area contributed by atoms with Gasteiger partial charge in [0, 0.05) is 6.04 Å².